The summed E-state index contributed by atoms with van der Waals surface area (Å²) in [6, 6.07) is 19.4. The van der Waals surface area contributed by atoms with Gasteiger partial charge in [0.2, 0.25) is 0 Å². The molecule has 0 unspecified atom stereocenters. The average molecular weight is 304 g/mol. The summed E-state index contributed by atoms with van der Waals surface area (Å²) in [6.07, 6.45) is 0. The molecule has 2 heterocycles. The maximum atomic E-state index is 12.6. The van der Waals surface area contributed by atoms with Gasteiger partial charge in [-0.05, 0) is 12.1 Å². The van der Waals surface area contributed by atoms with Gasteiger partial charge in [-0.15, -0.1) is 10.2 Å². The van der Waals surface area contributed by atoms with Gasteiger partial charge in [-0.3, -0.25) is 4.79 Å². The summed E-state index contributed by atoms with van der Waals surface area (Å²) in [6.45, 7) is 1.87. The van der Waals surface area contributed by atoms with Gasteiger partial charge in [0.05, 0.1) is 6.54 Å². The third kappa shape index (κ3) is 2.50. The zero-order chi connectivity index (χ0) is 15.6. The van der Waals surface area contributed by atoms with Gasteiger partial charge in [0, 0.05) is 24.2 Å². The Kier molecular flexibility index (Phi) is 3.38. The Bertz CT molecular complexity index is 827. The third-order valence-electron chi connectivity index (χ3n) is 4.09. The lowest BCUT2D eigenvalue weighted by Crippen LogP contribution is -2.38. The van der Waals surface area contributed by atoms with E-state index in [2.05, 4.69) is 14.8 Å². The van der Waals surface area contributed by atoms with Crippen molar-refractivity contribution in [1.82, 2.24) is 19.7 Å². The molecule has 1 aliphatic heterocycles. The molecule has 1 aliphatic rings. The molecule has 0 bridgehead atoms. The fourth-order valence-electron chi connectivity index (χ4n) is 2.90. The molecule has 4 rings (SSSR count). The minimum Gasteiger partial charge on any atom is -0.329 e. The number of carbonyl (C=O) groups excluding carboxylic acids is 1. The van der Waals surface area contributed by atoms with Crippen LogP contribution in [-0.2, 0) is 13.1 Å². The molecule has 0 fully saturated rings. The summed E-state index contributed by atoms with van der Waals surface area (Å²) >= 11 is 0. The molecule has 0 saturated heterocycles. The fraction of sp³-hybridized carbons (Fsp3) is 0.167. The molecule has 2 aromatic carbocycles. The lowest BCUT2D eigenvalue weighted by atomic mass is 10.2. The molecule has 5 heteroatoms. The Morgan fingerprint density at radius 2 is 1.57 bits per heavy atom. The minimum absolute atomic E-state index is 0.0427. The number of fused-ring (bicyclic) bond motifs is 1. The molecule has 1 aromatic heterocycles. The molecule has 1 amide bonds. The van der Waals surface area contributed by atoms with Crippen molar-refractivity contribution in [1.29, 1.82) is 0 Å². The van der Waals surface area contributed by atoms with Gasteiger partial charge in [0.25, 0.3) is 5.91 Å². The second-order valence-corrected chi connectivity index (χ2v) is 5.55. The number of hydrogen-bond acceptors (Lipinski definition) is 3. The number of amides is 1. The van der Waals surface area contributed by atoms with Crippen LogP contribution in [-0.4, -0.2) is 32.1 Å². The van der Waals surface area contributed by atoms with Gasteiger partial charge in [-0.25, -0.2) is 0 Å². The van der Waals surface area contributed by atoms with Crippen LogP contribution in [0.4, 0.5) is 0 Å². The van der Waals surface area contributed by atoms with Crippen molar-refractivity contribution in [3.63, 3.8) is 0 Å². The molecule has 0 radical (unpaired) electrons. The van der Waals surface area contributed by atoms with Gasteiger partial charge in [0.15, 0.2) is 11.6 Å². The number of aromatic nitrogens is 3. The predicted molar refractivity (Wildman–Crippen MR) is 86.6 cm³/mol. The van der Waals surface area contributed by atoms with Gasteiger partial charge < -0.3 is 9.47 Å². The SMILES string of the molecule is O=C(c1ccccc1)N1CCn2c(nnc2-c2ccccc2)C1. The number of benzene rings is 2. The van der Waals surface area contributed by atoms with E-state index in [-0.39, 0.29) is 5.91 Å². The van der Waals surface area contributed by atoms with Gasteiger partial charge in [0.1, 0.15) is 0 Å². The molecule has 0 saturated carbocycles. The minimum atomic E-state index is 0.0427. The first kappa shape index (κ1) is 13.7. The van der Waals surface area contributed by atoms with Crippen LogP contribution in [0, 0.1) is 0 Å². The number of rotatable bonds is 2. The standard InChI is InChI=1S/C18H16N4O/c23-18(15-9-5-2-6-10-15)21-11-12-22-16(13-21)19-20-17(22)14-7-3-1-4-8-14/h1-10H,11-13H2. The number of hydrogen-bond donors (Lipinski definition) is 0. The summed E-state index contributed by atoms with van der Waals surface area (Å²) in [5.41, 5.74) is 1.76. The second-order valence-electron chi connectivity index (χ2n) is 5.55. The van der Waals surface area contributed by atoms with E-state index in [1.807, 2.05) is 65.6 Å². The van der Waals surface area contributed by atoms with Gasteiger partial charge in [-0.2, -0.15) is 0 Å². The molecule has 3 aromatic rings. The zero-order valence-electron chi connectivity index (χ0n) is 12.6. The van der Waals surface area contributed by atoms with E-state index < -0.39 is 0 Å². The molecular formula is C18H16N4O. The Labute approximate surface area is 134 Å². The molecule has 5 nitrogen and oxygen atoms in total. The molecule has 0 spiro atoms. The predicted octanol–water partition coefficient (Wildman–Crippen LogP) is 2.60. The van der Waals surface area contributed by atoms with E-state index in [1.54, 1.807) is 0 Å². The average Bonchev–Trinajstić information content (AvgIpc) is 3.06. The number of nitrogens with zero attached hydrogens (tertiary/aromatic N) is 4. The van der Waals surface area contributed by atoms with E-state index in [9.17, 15) is 4.79 Å². The summed E-state index contributed by atoms with van der Waals surface area (Å²) < 4.78 is 2.10. The van der Waals surface area contributed by atoms with E-state index in [0.717, 1.165) is 17.2 Å². The highest BCUT2D eigenvalue weighted by Crippen LogP contribution is 2.22. The highest BCUT2D eigenvalue weighted by Gasteiger charge is 2.25. The first-order valence-corrected chi connectivity index (χ1v) is 7.65. The summed E-state index contributed by atoms with van der Waals surface area (Å²) in [4.78, 5) is 14.4. The summed E-state index contributed by atoms with van der Waals surface area (Å²) in [5, 5.41) is 8.59. The van der Waals surface area contributed by atoms with Crippen molar-refractivity contribution in [3.05, 3.63) is 72.1 Å². The van der Waals surface area contributed by atoms with Gasteiger partial charge >= 0.3 is 0 Å². The van der Waals surface area contributed by atoms with E-state index in [4.69, 9.17) is 0 Å². The fourth-order valence-corrected chi connectivity index (χ4v) is 2.90. The van der Waals surface area contributed by atoms with Crippen molar-refractivity contribution in [3.8, 4) is 11.4 Å². The highest BCUT2D eigenvalue weighted by atomic mass is 16.2. The molecule has 114 valence electrons. The van der Waals surface area contributed by atoms with Gasteiger partial charge in [-0.1, -0.05) is 48.5 Å². The largest absolute Gasteiger partial charge is 0.329 e. The van der Waals surface area contributed by atoms with Crippen LogP contribution in [0.2, 0.25) is 0 Å². The van der Waals surface area contributed by atoms with E-state index >= 15 is 0 Å². The van der Waals surface area contributed by atoms with Crippen molar-refractivity contribution in [2.75, 3.05) is 6.54 Å². The lowest BCUT2D eigenvalue weighted by Gasteiger charge is -2.28. The Balaban J connectivity index is 1.60. The van der Waals surface area contributed by atoms with Crippen LogP contribution in [0.1, 0.15) is 16.2 Å². The smallest absolute Gasteiger partial charge is 0.254 e. The quantitative estimate of drug-likeness (QED) is 0.731. The van der Waals surface area contributed by atoms with Crippen LogP contribution < -0.4 is 0 Å². The van der Waals surface area contributed by atoms with E-state index in [1.165, 1.54) is 0 Å². The lowest BCUT2D eigenvalue weighted by molar-refractivity contribution is 0.0708. The Morgan fingerprint density at radius 3 is 2.30 bits per heavy atom. The maximum Gasteiger partial charge on any atom is 0.254 e. The monoisotopic (exact) mass is 304 g/mol. The highest BCUT2D eigenvalue weighted by molar-refractivity contribution is 5.94. The van der Waals surface area contributed by atoms with Crippen molar-refractivity contribution in [2.45, 2.75) is 13.1 Å². The molecular weight excluding hydrogens is 288 g/mol. The van der Waals surface area contributed by atoms with Crippen LogP contribution in [0.25, 0.3) is 11.4 Å². The topological polar surface area (TPSA) is 51.0 Å². The zero-order valence-corrected chi connectivity index (χ0v) is 12.6. The van der Waals surface area contributed by atoms with Crippen LogP contribution in [0.15, 0.2) is 60.7 Å². The first-order valence-electron chi connectivity index (χ1n) is 7.65. The van der Waals surface area contributed by atoms with Crippen LogP contribution >= 0.6 is 0 Å². The van der Waals surface area contributed by atoms with Crippen molar-refractivity contribution in [2.24, 2.45) is 0 Å². The van der Waals surface area contributed by atoms with Crippen molar-refractivity contribution >= 4 is 5.91 Å². The van der Waals surface area contributed by atoms with Crippen LogP contribution in [0.5, 0.6) is 0 Å². The summed E-state index contributed by atoms with van der Waals surface area (Å²) in [7, 11) is 0. The Hall–Kier alpha value is -2.95. The number of carbonyl (C=O) groups is 1. The summed E-state index contributed by atoms with van der Waals surface area (Å²) in [5.74, 6) is 1.74. The first-order chi connectivity index (χ1) is 11.3. The van der Waals surface area contributed by atoms with Crippen molar-refractivity contribution < 1.29 is 4.79 Å². The second kappa shape index (κ2) is 5.68. The molecule has 23 heavy (non-hydrogen) atoms. The van der Waals surface area contributed by atoms with E-state index in [0.29, 0.717) is 25.2 Å². The van der Waals surface area contributed by atoms with Crippen LogP contribution in [0.3, 0.4) is 0 Å². The molecule has 0 N–H and O–H groups in total. The normalized spacial score (nSPS) is 13.7. The Morgan fingerprint density at radius 1 is 0.870 bits per heavy atom. The third-order valence-corrected chi connectivity index (χ3v) is 4.09. The maximum absolute atomic E-state index is 12.6. The molecule has 0 aliphatic carbocycles. The molecule has 0 atom stereocenters.